The van der Waals surface area contributed by atoms with Crippen LogP contribution in [0.4, 0.5) is 5.69 Å². The first-order valence-electron chi connectivity index (χ1n) is 13.4. The van der Waals surface area contributed by atoms with Crippen molar-refractivity contribution >= 4 is 39.1 Å². The molecule has 0 bridgehead atoms. The van der Waals surface area contributed by atoms with Gasteiger partial charge in [-0.2, -0.15) is 0 Å². The second-order valence-corrected chi connectivity index (χ2v) is 12.4. The number of nitrogens with one attached hydrogen (secondary N) is 1. The zero-order chi connectivity index (χ0) is 30.2. The summed E-state index contributed by atoms with van der Waals surface area (Å²) < 4.78 is 32.4. The Kier molecular flexibility index (Phi) is 11.2. The van der Waals surface area contributed by atoms with E-state index in [9.17, 15) is 18.0 Å². The minimum Gasteiger partial charge on any atom is -0.497 e. The fraction of sp³-hybridized carbons (Fsp3) is 0.355. The second kappa shape index (κ2) is 14.4. The van der Waals surface area contributed by atoms with E-state index in [1.807, 2.05) is 56.3 Å². The minimum atomic E-state index is -3.87. The highest BCUT2D eigenvalue weighted by Gasteiger charge is 2.33. The number of sulfonamides is 1. The van der Waals surface area contributed by atoms with E-state index in [0.29, 0.717) is 28.4 Å². The van der Waals surface area contributed by atoms with Gasteiger partial charge in [-0.1, -0.05) is 61.0 Å². The summed E-state index contributed by atoms with van der Waals surface area (Å²) in [7, 11) is -2.32. The number of methoxy groups -OCH3 is 1. The first kappa shape index (κ1) is 32.0. The van der Waals surface area contributed by atoms with Gasteiger partial charge in [0.2, 0.25) is 21.8 Å². The number of aryl methyl sites for hydroxylation is 1. The Morgan fingerprint density at radius 3 is 2.29 bits per heavy atom. The molecular weight excluding hydrogens is 562 g/mol. The van der Waals surface area contributed by atoms with Gasteiger partial charge < -0.3 is 15.0 Å². The van der Waals surface area contributed by atoms with E-state index >= 15 is 0 Å². The van der Waals surface area contributed by atoms with Crippen molar-refractivity contribution in [3.05, 3.63) is 94.5 Å². The number of hydrogen-bond acceptors (Lipinski definition) is 5. The number of ether oxygens (including phenoxy) is 1. The third-order valence-electron chi connectivity index (χ3n) is 6.87. The number of carbonyl (C=O) groups excluding carboxylic acids is 2. The highest BCUT2D eigenvalue weighted by Crippen LogP contribution is 2.26. The molecule has 0 saturated heterocycles. The molecule has 0 spiro atoms. The summed E-state index contributed by atoms with van der Waals surface area (Å²) in [6.07, 6.45) is 2.01. The summed E-state index contributed by atoms with van der Waals surface area (Å²) in [6, 6.07) is 20.5. The fourth-order valence-corrected chi connectivity index (χ4v) is 5.59. The number of anilines is 1. The molecule has 0 heterocycles. The maximum Gasteiger partial charge on any atom is 0.244 e. The van der Waals surface area contributed by atoms with Crippen LogP contribution in [0.15, 0.2) is 72.8 Å². The van der Waals surface area contributed by atoms with Gasteiger partial charge in [0.1, 0.15) is 18.3 Å². The van der Waals surface area contributed by atoms with E-state index in [1.54, 1.807) is 44.4 Å². The number of rotatable bonds is 13. The lowest BCUT2D eigenvalue weighted by molar-refractivity contribution is -0.140. The van der Waals surface area contributed by atoms with Gasteiger partial charge in [-0.3, -0.25) is 13.9 Å². The average molecular weight is 600 g/mol. The molecule has 0 aliphatic carbocycles. The van der Waals surface area contributed by atoms with Gasteiger partial charge in [0.05, 0.1) is 19.1 Å². The highest BCUT2D eigenvalue weighted by molar-refractivity contribution is 7.92. The number of amides is 2. The molecule has 41 heavy (non-hydrogen) atoms. The number of hydrogen-bond donors (Lipinski definition) is 1. The van der Waals surface area contributed by atoms with Gasteiger partial charge in [0.15, 0.2) is 0 Å². The summed E-state index contributed by atoms with van der Waals surface area (Å²) in [6.45, 7) is 5.18. The molecule has 220 valence electrons. The first-order valence-corrected chi connectivity index (χ1v) is 15.7. The van der Waals surface area contributed by atoms with Crippen molar-refractivity contribution in [2.75, 3.05) is 24.2 Å². The van der Waals surface area contributed by atoms with Gasteiger partial charge in [0, 0.05) is 24.0 Å². The Morgan fingerprint density at radius 2 is 1.68 bits per heavy atom. The van der Waals surface area contributed by atoms with E-state index in [1.165, 1.54) is 4.90 Å². The van der Waals surface area contributed by atoms with Crippen LogP contribution in [0.5, 0.6) is 5.75 Å². The molecule has 0 aliphatic rings. The number of nitrogens with zero attached hydrogens (tertiary/aromatic N) is 2. The third-order valence-corrected chi connectivity index (χ3v) is 8.23. The highest BCUT2D eigenvalue weighted by atomic mass is 35.5. The average Bonchev–Trinajstić information content (AvgIpc) is 2.93. The van der Waals surface area contributed by atoms with Crippen molar-refractivity contribution in [3.8, 4) is 5.75 Å². The summed E-state index contributed by atoms with van der Waals surface area (Å²) in [4.78, 5) is 29.4. The largest absolute Gasteiger partial charge is 0.497 e. The molecule has 8 nitrogen and oxygen atoms in total. The smallest absolute Gasteiger partial charge is 0.244 e. The molecule has 0 aromatic heterocycles. The van der Waals surface area contributed by atoms with Crippen LogP contribution in [0.1, 0.15) is 37.0 Å². The lowest BCUT2D eigenvalue weighted by Gasteiger charge is -2.34. The maximum atomic E-state index is 14.2. The Bertz CT molecular complexity index is 1450. The molecule has 1 N–H and O–H groups in total. The van der Waals surface area contributed by atoms with Crippen LogP contribution in [-0.2, 0) is 32.6 Å². The van der Waals surface area contributed by atoms with Gasteiger partial charge in [-0.15, -0.1) is 0 Å². The van der Waals surface area contributed by atoms with Crippen molar-refractivity contribution in [2.24, 2.45) is 0 Å². The first-order chi connectivity index (χ1) is 19.4. The van der Waals surface area contributed by atoms with Crippen molar-refractivity contribution in [1.82, 2.24) is 10.2 Å². The van der Waals surface area contributed by atoms with Crippen molar-refractivity contribution in [1.29, 1.82) is 0 Å². The third kappa shape index (κ3) is 8.96. The number of benzene rings is 3. The Labute approximate surface area is 248 Å². The van der Waals surface area contributed by atoms with Crippen LogP contribution in [0.25, 0.3) is 0 Å². The molecule has 2 amide bonds. The molecule has 0 radical (unpaired) electrons. The van der Waals surface area contributed by atoms with Gasteiger partial charge in [-0.05, 0) is 67.3 Å². The van der Waals surface area contributed by atoms with Crippen LogP contribution in [0, 0.1) is 6.92 Å². The predicted molar refractivity (Wildman–Crippen MR) is 164 cm³/mol. The zero-order valence-corrected chi connectivity index (χ0v) is 25.7. The predicted octanol–water partition coefficient (Wildman–Crippen LogP) is 4.98. The Morgan fingerprint density at radius 1 is 1.00 bits per heavy atom. The topological polar surface area (TPSA) is 96.0 Å². The molecule has 3 aromatic carbocycles. The molecule has 3 rings (SSSR count). The maximum absolute atomic E-state index is 14.2. The molecule has 0 saturated carbocycles. The van der Waals surface area contributed by atoms with Crippen molar-refractivity contribution in [3.63, 3.8) is 0 Å². The van der Waals surface area contributed by atoms with E-state index < -0.39 is 28.5 Å². The number of carbonyl (C=O) groups is 2. The van der Waals surface area contributed by atoms with E-state index in [4.69, 9.17) is 16.3 Å². The van der Waals surface area contributed by atoms with Gasteiger partial charge in [0.25, 0.3) is 0 Å². The minimum absolute atomic E-state index is 0.0681. The number of halogens is 1. The molecule has 2 atom stereocenters. The molecule has 0 fully saturated rings. The summed E-state index contributed by atoms with van der Waals surface area (Å²) in [5.74, 6) is -0.228. The van der Waals surface area contributed by atoms with E-state index in [-0.39, 0.29) is 24.9 Å². The Balaban J connectivity index is 2.09. The summed E-state index contributed by atoms with van der Waals surface area (Å²) in [5.41, 5.74) is 2.55. The Hall–Kier alpha value is -3.56. The molecule has 3 aromatic rings. The summed E-state index contributed by atoms with van der Waals surface area (Å²) in [5, 5.41) is 3.47. The normalized spacial score (nSPS) is 12.7. The monoisotopic (exact) mass is 599 g/mol. The lowest BCUT2D eigenvalue weighted by atomic mass is 10.0. The van der Waals surface area contributed by atoms with E-state index in [0.717, 1.165) is 21.7 Å². The van der Waals surface area contributed by atoms with Crippen molar-refractivity contribution < 1.29 is 22.7 Å². The van der Waals surface area contributed by atoms with Crippen LogP contribution in [-0.4, -0.2) is 57.1 Å². The second-order valence-electron chi connectivity index (χ2n) is 10.1. The zero-order valence-electron chi connectivity index (χ0n) is 24.1. The van der Waals surface area contributed by atoms with Crippen LogP contribution in [0.2, 0.25) is 5.02 Å². The standard InChI is InChI=1S/C31H38ClN3O5S/c1-6-23(3)33-31(37)29(19-24-11-8-7-9-12-24)34(20-25-13-10-14-27(18-25)40-4)30(36)21-35(41(5,38)39)28-16-15-26(32)17-22(28)2/h7-18,23,29H,6,19-21H2,1-5H3,(H,33,37)/t23-,29+/m1/s1. The SMILES string of the molecule is CC[C@@H](C)NC(=O)[C@H](Cc1ccccc1)N(Cc1cccc(OC)c1)C(=O)CN(c1ccc(Cl)cc1C)S(C)(=O)=O. The van der Waals surface area contributed by atoms with Crippen LogP contribution in [0.3, 0.4) is 0 Å². The molecule has 0 unspecified atom stereocenters. The van der Waals surface area contributed by atoms with Crippen LogP contribution < -0.4 is 14.4 Å². The van der Waals surface area contributed by atoms with E-state index in [2.05, 4.69) is 5.32 Å². The molecular formula is C31H38ClN3O5S. The van der Waals surface area contributed by atoms with Gasteiger partial charge >= 0.3 is 0 Å². The molecule has 0 aliphatic heterocycles. The van der Waals surface area contributed by atoms with Crippen LogP contribution >= 0.6 is 11.6 Å². The van der Waals surface area contributed by atoms with Gasteiger partial charge in [-0.25, -0.2) is 8.42 Å². The quantitative estimate of drug-likeness (QED) is 0.299. The molecule has 10 heteroatoms. The summed E-state index contributed by atoms with van der Waals surface area (Å²) >= 11 is 6.12. The fourth-order valence-electron chi connectivity index (χ4n) is 4.46. The van der Waals surface area contributed by atoms with Crippen molar-refractivity contribution in [2.45, 2.75) is 52.2 Å². The lowest BCUT2D eigenvalue weighted by Crippen LogP contribution is -2.54.